The number of carbonyl (C=O) groups excluding carboxylic acids is 1. The van der Waals surface area contributed by atoms with Crippen LogP contribution in [-0.4, -0.2) is 30.4 Å². The summed E-state index contributed by atoms with van der Waals surface area (Å²) in [5, 5.41) is -0.0913. The van der Waals surface area contributed by atoms with Crippen LogP contribution in [0.25, 0.3) is 0 Å². The summed E-state index contributed by atoms with van der Waals surface area (Å²) in [5.41, 5.74) is 6.95. The van der Waals surface area contributed by atoms with E-state index >= 15 is 0 Å². The Morgan fingerprint density at radius 2 is 1.83 bits per heavy atom. The van der Waals surface area contributed by atoms with Crippen molar-refractivity contribution in [1.82, 2.24) is 4.90 Å². The number of amides is 1. The zero-order chi connectivity index (χ0) is 17.3. The van der Waals surface area contributed by atoms with Crippen LogP contribution in [0, 0.1) is 17.6 Å². The van der Waals surface area contributed by atoms with Crippen molar-refractivity contribution in [2.75, 3.05) is 19.6 Å². The third-order valence-electron chi connectivity index (χ3n) is 4.50. The van der Waals surface area contributed by atoms with Crippen LogP contribution in [0.15, 0.2) is 42.5 Å². The predicted octanol–water partition coefficient (Wildman–Crippen LogP) is 3.43. The van der Waals surface area contributed by atoms with Gasteiger partial charge in [0.05, 0.1) is 10.6 Å². The number of benzene rings is 2. The second-order valence-electron chi connectivity index (χ2n) is 5.97. The van der Waals surface area contributed by atoms with Crippen molar-refractivity contribution in [3.05, 3.63) is 70.2 Å². The van der Waals surface area contributed by atoms with Gasteiger partial charge >= 0.3 is 0 Å². The molecule has 1 aliphatic rings. The van der Waals surface area contributed by atoms with E-state index in [1.165, 1.54) is 0 Å². The molecule has 0 radical (unpaired) electrons. The Hall–Kier alpha value is -1.98. The van der Waals surface area contributed by atoms with Crippen LogP contribution in [0.4, 0.5) is 8.78 Å². The van der Waals surface area contributed by atoms with E-state index in [1.807, 2.05) is 30.3 Å². The molecule has 0 unspecified atom stereocenters. The van der Waals surface area contributed by atoms with Gasteiger partial charge < -0.3 is 10.6 Å². The Morgan fingerprint density at radius 1 is 1.17 bits per heavy atom. The third kappa shape index (κ3) is 3.14. The quantitative estimate of drug-likeness (QED) is 0.862. The number of carbonyl (C=O) groups is 1. The summed E-state index contributed by atoms with van der Waals surface area (Å²) in [5.74, 6) is -2.34. The Labute approximate surface area is 144 Å². The van der Waals surface area contributed by atoms with Gasteiger partial charge in [0.2, 0.25) is 0 Å². The van der Waals surface area contributed by atoms with E-state index in [1.54, 1.807) is 4.90 Å². The number of rotatable bonds is 3. The van der Waals surface area contributed by atoms with Crippen molar-refractivity contribution < 1.29 is 13.6 Å². The lowest BCUT2D eigenvalue weighted by Crippen LogP contribution is -2.30. The smallest absolute Gasteiger partial charge is 0.255 e. The second kappa shape index (κ2) is 6.87. The Kier molecular flexibility index (Phi) is 4.83. The SMILES string of the molecule is NC[C@@H]1CN(C(=O)c2cc(F)c(F)cc2Cl)C[C@H]1c1ccccc1. The molecule has 1 saturated heterocycles. The summed E-state index contributed by atoms with van der Waals surface area (Å²) in [7, 11) is 0. The molecule has 24 heavy (non-hydrogen) atoms. The van der Waals surface area contributed by atoms with Crippen LogP contribution in [0.2, 0.25) is 5.02 Å². The first-order chi connectivity index (χ1) is 11.5. The molecule has 2 atom stereocenters. The first-order valence-corrected chi connectivity index (χ1v) is 8.08. The molecule has 0 bridgehead atoms. The standard InChI is InChI=1S/C18H17ClF2N2O/c19-15-7-17(21)16(20)6-13(15)18(24)23-9-12(8-22)14(10-23)11-4-2-1-3-5-11/h1-7,12,14H,8-10,22H2/t12-,14+/m1/s1. The summed E-state index contributed by atoms with van der Waals surface area (Å²) in [4.78, 5) is 14.3. The minimum Gasteiger partial charge on any atom is -0.338 e. The predicted molar refractivity (Wildman–Crippen MR) is 89.0 cm³/mol. The van der Waals surface area contributed by atoms with Gasteiger partial charge in [0.1, 0.15) is 0 Å². The van der Waals surface area contributed by atoms with Gasteiger partial charge in [-0.1, -0.05) is 41.9 Å². The molecule has 3 rings (SSSR count). The van der Waals surface area contributed by atoms with Crippen molar-refractivity contribution in [1.29, 1.82) is 0 Å². The first-order valence-electron chi connectivity index (χ1n) is 7.70. The normalized spacial score (nSPS) is 20.4. The van der Waals surface area contributed by atoms with Crippen molar-refractivity contribution in [3.63, 3.8) is 0 Å². The molecule has 0 aliphatic carbocycles. The molecule has 2 aromatic carbocycles. The van der Waals surface area contributed by atoms with E-state index in [-0.39, 0.29) is 22.4 Å². The van der Waals surface area contributed by atoms with Crippen LogP contribution >= 0.6 is 11.6 Å². The van der Waals surface area contributed by atoms with Crippen LogP contribution in [0.1, 0.15) is 21.8 Å². The second-order valence-corrected chi connectivity index (χ2v) is 6.38. The lowest BCUT2D eigenvalue weighted by Gasteiger charge is -2.17. The van der Waals surface area contributed by atoms with E-state index in [0.29, 0.717) is 19.6 Å². The number of nitrogens with zero attached hydrogens (tertiary/aromatic N) is 1. The van der Waals surface area contributed by atoms with Gasteiger partial charge in [-0.2, -0.15) is 0 Å². The van der Waals surface area contributed by atoms with Gasteiger partial charge in [-0.3, -0.25) is 4.79 Å². The Balaban J connectivity index is 1.86. The average Bonchev–Trinajstić information content (AvgIpc) is 3.02. The molecule has 0 saturated carbocycles. The minimum absolute atomic E-state index is 0.0277. The summed E-state index contributed by atoms with van der Waals surface area (Å²) in [6.45, 7) is 1.37. The fourth-order valence-electron chi connectivity index (χ4n) is 3.21. The van der Waals surface area contributed by atoms with Gasteiger partial charge in [0.25, 0.3) is 5.91 Å². The maximum atomic E-state index is 13.5. The van der Waals surface area contributed by atoms with E-state index < -0.39 is 17.5 Å². The summed E-state index contributed by atoms with van der Waals surface area (Å²) in [6, 6.07) is 11.5. The van der Waals surface area contributed by atoms with Crippen molar-refractivity contribution in [3.8, 4) is 0 Å². The molecule has 126 valence electrons. The number of likely N-dealkylation sites (tertiary alicyclic amines) is 1. The monoisotopic (exact) mass is 350 g/mol. The largest absolute Gasteiger partial charge is 0.338 e. The van der Waals surface area contributed by atoms with Crippen molar-refractivity contribution >= 4 is 17.5 Å². The molecule has 0 spiro atoms. The van der Waals surface area contributed by atoms with Gasteiger partial charge in [-0.25, -0.2) is 8.78 Å². The lowest BCUT2D eigenvalue weighted by molar-refractivity contribution is 0.0786. The van der Waals surface area contributed by atoms with E-state index in [0.717, 1.165) is 17.7 Å². The number of nitrogens with two attached hydrogens (primary N) is 1. The molecule has 0 aromatic heterocycles. The van der Waals surface area contributed by atoms with E-state index in [2.05, 4.69) is 0 Å². The lowest BCUT2D eigenvalue weighted by atomic mass is 9.89. The highest BCUT2D eigenvalue weighted by Crippen LogP contribution is 2.33. The van der Waals surface area contributed by atoms with E-state index in [4.69, 9.17) is 17.3 Å². The third-order valence-corrected chi connectivity index (χ3v) is 4.81. The molecule has 2 N–H and O–H groups in total. The van der Waals surface area contributed by atoms with Gasteiger partial charge in [0, 0.05) is 19.0 Å². The Bertz CT molecular complexity index is 754. The number of hydrogen-bond acceptors (Lipinski definition) is 2. The molecule has 3 nitrogen and oxygen atoms in total. The van der Waals surface area contributed by atoms with Crippen molar-refractivity contribution in [2.24, 2.45) is 11.7 Å². The zero-order valence-electron chi connectivity index (χ0n) is 12.9. The topological polar surface area (TPSA) is 46.3 Å². The van der Waals surface area contributed by atoms with Crippen LogP contribution in [-0.2, 0) is 0 Å². The summed E-state index contributed by atoms with van der Waals surface area (Å²) in [6.07, 6.45) is 0. The molecule has 2 aromatic rings. The van der Waals surface area contributed by atoms with Crippen LogP contribution in [0.5, 0.6) is 0 Å². The summed E-state index contributed by atoms with van der Waals surface area (Å²) < 4.78 is 26.7. The molecule has 1 heterocycles. The summed E-state index contributed by atoms with van der Waals surface area (Å²) >= 11 is 5.92. The molecule has 6 heteroatoms. The first kappa shape index (κ1) is 16.9. The Morgan fingerprint density at radius 3 is 2.50 bits per heavy atom. The molecular weight excluding hydrogens is 334 g/mol. The van der Waals surface area contributed by atoms with Crippen LogP contribution < -0.4 is 5.73 Å². The van der Waals surface area contributed by atoms with Gasteiger partial charge in [-0.05, 0) is 30.2 Å². The number of hydrogen-bond donors (Lipinski definition) is 1. The maximum Gasteiger partial charge on any atom is 0.255 e. The van der Waals surface area contributed by atoms with Gasteiger partial charge in [-0.15, -0.1) is 0 Å². The molecule has 1 aliphatic heterocycles. The highest BCUT2D eigenvalue weighted by atomic mass is 35.5. The fraction of sp³-hybridized carbons (Fsp3) is 0.278. The van der Waals surface area contributed by atoms with Crippen LogP contribution in [0.3, 0.4) is 0 Å². The number of halogens is 3. The minimum atomic E-state index is -1.09. The molecular formula is C18H17ClF2N2O. The highest BCUT2D eigenvalue weighted by molar-refractivity contribution is 6.33. The molecule has 1 fully saturated rings. The van der Waals surface area contributed by atoms with Crippen molar-refractivity contribution in [2.45, 2.75) is 5.92 Å². The zero-order valence-corrected chi connectivity index (χ0v) is 13.6. The molecule has 1 amide bonds. The average molecular weight is 351 g/mol. The van der Waals surface area contributed by atoms with E-state index in [9.17, 15) is 13.6 Å². The van der Waals surface area contributed by atoms with Gasteiger partial charge in [0.15, 0.2) is 11.6 Å². The highest BCUT2D eigenvalue weighted by Gasteiger charge is 2.36. The fourth-order valence-corrected chi connectivity index (χ4v) is 3.44. The maximum absolute atomic E-state index is 13.5.